The second kappa shape index (κ2) is 8.76. The predicted octanol–water partition coefficient (Wildman–Crippen LogP) is 3.83. The van der Waals surface area contributed by atoms with E-state index in [1.807, 2.05) is 49.1 Å². The fourth-order valence-corrected chi connectivity index (χ4v) is 4.84. The highest BCUT2D eigenvalue weighted by atomic mass is 19.1. The van der Waals surface area contributed by atoms with Gasteiger partial charge in [-0.15, -0.1) is 0 Å². The van der Waals surface area contributed by atoms with E-state index in [1.165, 1.54) is 12.1 Å². The number of benzene rings is 2. The minimum Gasteiger partial charge on any atom is -0.330 e. The average molecular weight is 457 g/mol. The molecule has 0 unspecified atom stereocenters. The number of anilines is 1. The fourth-order valence-electron chi connectivity index (χ4n) is 4.84. The number of hydrogen-bond donors (Lipinski definition) is 1. The standard InChI is InChI=1S/C26H25FN6O/c1-31-15-21-9-19(5-6-24(21)30-31)26-22(18-3-4-20(12-28)23(27)10-18)11-25(32(26)2)33(16-34)14-17-7-8-29-13-17/h3-6,9-11,15-17,29H,7-8,13-14H2,1-2H3/t17-/m0/s1. The Morgan fingerprint density at radius 3 is 2.76 bits per heavy atom. The lowest BCUT2D eigenvalue weighted by atomic mass is 9.99. The van der Waals surface area contributed by atoms with Gasteiger partial charge in [-0.1, -0.05) is 12.1 Å². The maximum absolute atomic E-state index is 14.6. The molecule has 5 rings (SSSR count). The zero-order chi connectivity index (χ0) is 23.8. The number of rotatable bonds is 6. The van der Waals surface area contributed by atoms with Crippen LogP contribution in [0.15, 0.2) is 48.7 Å². The molecule has 7 nitrogen and oxygen atoms in total. The molecular formula is C26H25FN6O. The van der Waals surface area contributed by atoms with Crippen molar-refractivity contribution in [3.05, 3.63) is 60.0 Å². The van der Waals surface area contributed by atoms with Crippen molar-refractivity contribution in [2.45, 2.75) is 6.42 Å². The molecule has 0 aliphatic carbocycles. The first-order chi connectivity index (χ1) is 16.5. The van der Waals surface area contributed by atoms with Crippen molar-refractivity contribution in [2.24, 2.45) is 20.0 Å². The van der Waals surface area contributed by atoms with Crippen molar-refractivity contribution >= 4 is 23.1 Å². The second-order valence-corrected chi connectivity index (χ2v) is 8.82. The molecule has 1 atom stereocenters. The first kappa shape index (κ1) is 21.9. The van der Waals surface area contributed by atoms with Gasteiger partial charge in [-0.3, -0.25) is 9.48 Å². The van der Waals surface area contributed by atoms with Gasteiger partial charge >= 0.3 is 0 Å². The molecule has 2 aromatic carbocycles. The van der Waals surface area contributed by atoms with Gasteiger partial charge in [0.2, 0.25) is 6.41 Å². The number of hydrogen-bond acceptors (Lipinski definition) is 4. The Hall–Kier alpha value is -3.96. The summed E-state index contributed by atoms with van der Waals surface area (Å²) in [5, 5.41) is 17.9. The lowest BCUT2D eigenvalue weighted by Crippen LogP contribution is -2.30. The highest BCUT2D eigenvalue weighted by molar-refractivity contribution is 5.92. The summed E-state index contributed by atoms with van der Waals surface area (Å²) in [4.78, 5) is 13.9. The van der Waals surface area contributed by atoms with E-state index in [0.717, 1.165) is 59.5 Å². The smallest absolute Gasteiger partial charge is 0.215 e. The van der Waals surface area contributed by atoms with Crippen molar-refractivity contribution in [1.29, 1.82) is 5.26 Å². The Kier molecular flexibility index (Phi) is 5.64. The molecule has 34 heavy (non-hydrogen) atoms. The number of nitrogens with one attached hydrogen (secondary N) is 1. The van der Waals surface area contributed by atoms with Crippen molar-refractivity contribution < 1.29 is 9.18 Å². The van der Waals surface area contributed by atoms with Gasteiger partial charge in [0.25, 0.3) is 0 Å². The number of nitriles is 1. The molecule has 0 bridgehead atoms. The third kappa shape index (κ3) is 3.84. The van der Waals surface area contributed by atoms with Crippen LogP contribution in [0, 0.1) is 23.1 Å². The Bertz CT molecular complexity index is 1420. The van der Waals surface area contributed by atoms with E-state index in [9.17, 15) is 9.18 Å². The molecule has 2 aromatic heterocycles. The third-order valence-corrected chi connectivity index (χ3v) is 6.54. The zero-order valence-electron chi connectivity index (χ0n) is 19.1. The summed E-state index contributed by atoms with van der Waals surface area (Å²) >= 11 is 0. The Labute approximate surface area is 197 Å². The normalized spacial score (nSPS) is 15.5. The highest BCUT2D eigenvalue weighted by Crippen LogP contribution is 2.39. The number of amides is 1. The number of halogens is 1. The van der Waals surface area contributed by atoms with Crippen LogP contribution in [0.5, 0.6) is 0 Å². The lowest BCUT2D eigenvalue weighted by molar-refractivity contribution is -0.107. The van der Waals surface area contributed by atoms with E-state index >= 15 is 0 Å². The number of aromatic nitrogens is 3. The summed E-state index contributed by atoms with van der Waals surface area (Å²) < 4.78 is 18.3. The van der Waals surface area contributed by atoms with Crippen LogP contribution in [0.4, 0.5) is 10.2 Å². The van der Waals surface area contributed by atoms with Crippen molar-refractivity contribution in [1.82, 2.24) is 19.7 Å². The van der Waals surface area contributed by atoms with E-state index in [0.29, 0.717) is 18.0 Å². The van der Waals surface area contributed by atoms with Crippen LogP contribution in [0.25, 0.3) is 33.3 Å². The molecule has 1 saturated heterocycles. The van der Waals surface area contributed by atoms with E-state index in [2.05, 4.69) is 16.5 Å². The monoisotopic (exact) mass is 456 g/mol. The minimum atomic E-state index is -0.566. The molecule has 3 heterocycles. The molecule has 1 N–H and O–H groups in total. The van der Waals surface area contributed by atoms with Crippen LogP contribution in [-0.2, 0) is 18.9 Å². The Balaban J connectivity index is 1.67. The van der Waals surface area contributed by atoms with Gasteiger partial charge in [-0.05, 0) is 66.9 Å². The highest BCUT2D eigenvalue weighted by Gasteiger charge is 2.24. The summed E-state index contributed by atoms with van der Waals surface area (Å²) in [6.07, 6.45) is 3.84. The van der Waals surface area contributed by atoms with Crippen molar-refractivity contribution in [3.63, 3.8) is 0 Å². The molecule has 0 spiro atoms. The maximum Gasteiger partial charge on any atom is 0.215 e. The average Bonchev–Trinajstić information content (AvgIpc) is 3.55. The summed E-state index contributed by atoms with van der Waals surface area (Å²) in [6.45, 7) is 2.44. The van der Waals surface area contributed by atoms with Crippen molar-refractivity contribution in [3.8, 4) is 28.5 Å². The van der Waals surface area contributed by atoms with Crippen LogP contribution in [0.2, 0.25) is 0 Å². The summed E-state index contributed by atoms with van der Waals surface area (Å²) in [5.41, 5.74) is 4.12. The number of nitrogens with zero attached hydrogens (tertiary/aromatic N) is 5. The molecule has 1 aliphatic rings. The third-order valence-electron chi connectivity index (χ3n) is 6.54. The molecule has 0 saturated carbocycles. The first-order valence-electron chi connectivity index (χ1n) is 11.2. The molecule has 8 heteroatoms. The number of aryl methyl sites for hydroxylation is 1. The minimum absolute atomic E-state index is 0.00138. The molecule has 0 radical (unpaired) electrons. The van der Waals surface area contributed by atoms with Crippen molar-refractivity contribution in [2.75, 3.05) is 24.5 Å². The summed E-state index contributed by atoms with van der Waals surface area (Å²) in [5.74, 6) is 0.553. The maximum atomic E-state index is 14.6. The molecule has 1 amide bonds. The Morgan fingerprint density at radius 1 is 1.24 bits per heavy atom. The predicted molar refractivity (Wildman–Crippen MR) is 130 cm³/mol. The lowest BCUT2D eigenvalue weighted by Gasteiger charge is -2.22. The van der Waals surface area contributed by atoms with Crippen LogP contribution in [0.1, 0.15) is 12.0 Å². The number of fused-ring (bicyclic) bond motifs is 1. The molecule has 1 fully saturated rings. The largest absolute Gasteiger partial charge is 0.330 e. The number of carbonyl (C=O) groups is 1. The first-order valence-corrected chi connectivity index (χ1v) is 11.2. The van der Waals surface area contributed by atoms with E-state index in [1.54, 1.807) is 15.6 Å². The second-order valence-electron chi connectivity index (χ2n) is 8.82. The summed E-state index contributed by atoms with van der Waals surface area (Å²) in [7, 11) is 3.80. The van der Waals surface area contributed by atoms with Gasteiger partial charge in [0, 0.05) is 37.8 Å². The van der Waals surface area contributed by atoms with Gasteiger partial charge in [0.1, 0.15) is 17.7 Å². The zero-order valence-corrected chi connectivity index (χ0v) is 19.1. The van der Waals surface area contributed by atoms with Crippen LogP contribution in [-0.4, -0.2) is 40.4 Å². The quantitative estimate of drug-likeness (QED) is 0.447. The SMILES string of the molecule is Cn1cc2cc(-c3c(-c4ccc(C#N)c(F)c4)cc(N(C=O)C[C@H]4CCNC4)n3C)ccc2n1. The van der Waals surface area contributed by atoms with Crippen LogP contribution < -0.4 is 10.2 Å². The molecule has 1 aliphatic heterocycles. The van der Waals surface area contributed by atoms with E-state index < -0.39 is 5.82 Å². The van der Waals surface area contributed by atoms with Crippen LogP contribution in [0.3, 0.4) is 0 Å². The number of carbonyl (C=O) groups excluding carboxylic acids is 1. The summed E-state index contributed by atoms with van der Waals surface area (Å²) in [6, 6.07) is 14.4. The molecule has 172 valence electrons. The molecule has 4 aromatic rings. The molecular weight excluding hydrogens is 431 g/mol. The van der Waals surface area contributed by atoms with E-state index in [-0.39, 0.29) is 5.56 Å². The van der Waals surface area contributed by atoms with Gasteiger partial charge < -0.3 is 14.8 Å². The van der Waals surface area contributed by atoms with E-state index in [4.69, 9.17) is 5.26 Å². The fraction of sp³-hybridized carbons (Fsp3) is 0.269. The van der Waals surface area contributed by atoms with Gasteiger partial charge in [-0.25, -0.2) is 4.39 Å². The van der Waals surface area contributed by atoms with Gasteiger partial charge in [0.15, 0.2) is 0 Å². The van der Waals surface area contributed by atoms with Gasteiger partial charge in [0.05, 0.1) is 16.8 Å². The van der Waals surface area contributed by atoms with Crippen LogP contribution >= 0.6 is 0 Å². The van der Waals surface area contributed by atoms with Gasteiger partial charge in [-0.2, -0.15) is 10.4 Å². The topological polar surface area (TPSA) is 78.9 Å². The Morgan fingerprint density at radius 2 is 2.06 bits per heavy atom.